The highest BCUT2D eigenvalue weighted by Crippen LogP contribution is 2.42. The van der Waals surface area contributed by atoms with Gasteiger partial charge in [-0.1, -0.05) is 145 Å². The van der Waals surface area contributed by atoms with Gasteiger partial charge in [0, 0.05) is 6.61 Å². The fourth-order valence-electron chi connectivity index (χ4n) is 5.40. The summed E-state index contributed by atoms with van der Waals surface area (Å²) in [5, 5.41) is 0. The Labute approximate surface area is 187 Å². The van der Waals surface area contributed by atoms with Crippen LogP contribution in [-0.4, -0.2) is 14.9 Å². The minimum Gasteiger partial charge on any atom is -0.416 e. The molecule has 0 saturated carbocycles. The number of rotatable bonds is 21. The van der Waals surface area contributed by atoms with Crippen LogP contribution in [0.3, 0.4) is 0 Å². The van der Waals surface area contributed by atoms with Gasteiger partial charge in [-0.25, -0.2) is 0 Å². The summed E-state index contributed by atoms with van der Waals surface area (Å²) in [5.74, 6) is 0. The van der Waals surface area contributed by atoms with Crippen molar-refractivity contribution < 1.29 is 4.43 Å². The standard InChI is InChI=1S/C27H58OSi/c1-8-9-10-11-12-13-14-15-16-17-18-19-20-21-22-23-24-28-29(25(2)3,26(4)5)27(6)7/h25-27H,8-24H2,1-7H3. The molecule has 0 spiro atoms. The van der Waals surface area contributed by atoms with Gasteiger partial charge in [0.1, 0.15) is 0 Å². The summed E-state index contributed by atoms with van der Waals surface area (Å²) < 4.78 is 6.67. The molecule has 0 aliphatic heterocycles. The van der Waals surface area contributed by atoms with Gasteiger partial charge in [0.2, 0.25) is 0 Å². The Balaban J connectivity index is 3.51. The molecule has 29 heavy (non-hydrogen) atoms. The lowest BCUT2D eigenvalue weighted by Crippen LogP contribution is -2.47. The van der Waals surface area contributed by atoms with E-state index < -0.39 is 8.32 Å². The van der Waals surface area contributed by atoms with Gasteiger partial charge in [0.05, 0.1) is 0 Å². The summed E-state index contributed by atoms with van der Waals surface area (Å²) in [6.07, 6.45) is 22.9. The Kier molecular flexibility index (Phi) is 19.0. The molecule has 176 valence electrons. The number of unbranched alkanes of at least 4 members (excludes halogenated alkanes) is 15. The minimum atomic E-state index is -1.64. The van der Waals surface area contributed by atoms with Gasteiger partial charge in [-0.3, -0.25) is 0 Å². The molecule has 0 aromatic heterocycles. The third kappa shape index (κ3) is 13.2. The molecule has 2 heteroatoms. The van der Waals surface area contributed by atoms with E-state index >= 15 is 0 Å². The monoisotopic (exact) mass is 426 g/mol. The summed E-state index contributed by atoms with van der Waals surface area (Å²) in [7, 11) is -1.64. The predicted octanol–water partition coefficient (Wildman–Crippen LogP) is 10.4. The first-order chi connectivity index (χ1) is 13.9. The normalized spacial score (nSPS) is 12.6. The van der Waals surface area contributed by atoms with Crippen molar-refractivity contribution in [2.45, 2.75) is 168 Å². The Morgan fingerprint density at radius 3 is 1.00 bits per heavy atom. The zero-order chi connectivity index (χ0) is 22.0. The fourth-order valence-corrected chi connectivity index (χ4v) is 10.9. The summed E-state index contributed by atoms with van der Waals surface area (Å²) in [4.78, 5) is 0. The van der Waals surface area contributed by atoms with Crippen LogP contribution in [0.15, 0.2) is 0 Å². The molecule has 0 fully saturated rings. The molecule has 0 aliphatic rings. The largest absolute Gasteiger partial charge is 0.416 e. The molecule has 0 radical (unpaired) electrons. The van der Waals surface area contributed by atoms with Crippen molar-refractivity contribution in [3.8, 4) is 0 Å². The molecule has 0 unspecified atom stereocenters. The van der Waals surface area contributed by atoms with Gasteiger partial charge in [0.15, 0.2) is 8.32 Å². The van der Waals surface area contributed by atoms with Crippen molar-refractivity contribution in [1.82, 2.24) is 0 Å². The van der Waals surface area contributed by atoms with E-state index in [2.05, 4.69) is 48.5 Å². The van der Waals surface area contributed by atoms with Gasteiger partial charge < -0.3 is 4.43 Å². The lowest BCUT2D eigenvalue weighted by Gasteiger charge is -2.42. The molecule has 0 N–H and O–H groups in total. The third-order valence-electron chi connectivity index (χ3n) is 7.06. The Bertz CT molecular complexity index is 316. The molecule has 0 aromatic carbocycles. The molecule has 0 heterocycles. The van der Waals surface area contributed by atoms with Gasteiger partial charge in [0.25, 0.3) is 0 Å². The Hall–Kier alpha value is 0.177. The second-order valence-corrected chi connectivity index (χ2v) is 15.9. The molecular formula is C27H58OSi. The van der Waals surface area contributed by atoms with E-state index in [1.165, 1.54) is 103 Å². The summed E-state index contributed by atoms with van der Waals surface area (Å²) in [6.45, 7) is 17.6. The van der Waals surface area contributed by atoms with Crippen LogP contribution in [0.25, 0.3) is 0 Å². The molecule has 0 aliphatic carbocycles. The highest BCUT2D eigenvalue weighted by Gasteiger charge is 2.44. The van der Waals surface area contributed by atoms with Crippen molar-refractivity contribution >= 4 is 8.32 Å². The van der Waals surface area contributed by atoms with E-state index in [1.54, 1.807) is 0 Å². The first kappa shape index (κ1) is 29.2. The Morgan fingerprint density at radius 1 is 0.448 bits per heavy atom. The van der Waals surface area contributed by atoms with Crippen LogP contribution in [0.2, 0.25) is 16.6 Å². The third-order valence-corrected chi connectivity index (χ3v) is 13.2. The SMILES string of the molecule is CCCCCCCCCCCCCCCCCCO[Si](C(C)C)(C(C)C)C(C)C. The summed E-state index contributed by atoms with van der Waals surface area (Å²) in [5.41, 5.74) is 2.13. The fraction of sp³-hybridized carbons (Fsp3) is 1.00. The zero-order valence-corrected chi connectivity index (χ0v) is 22.7. The second-order valence-electron chi connectivity index (χ2n) is 10.5. The molecule has 0 amide bonds. The van der Waals surface area contributed by atoms with Crippen LogP contribution < -0.4 is 0 Å². The highest BCUT2D eigenvalue weighted by molar-refractivity contribution is 6.77. The average molecular weight is 427 g/mol. The average Bonchev–Trinajstić information content (AvgIpc) is 2.66. The van der Waals surface area contributed by atoms with Crippen molar-refractivity contribution in [2.75, 3.05) is 6.61 Å². The van der Waals surface area contributed by atoms with E-state index in [1.807, 2.05) is 0 Å². The van der Waals surface area contributed by atoms with E-state index in [-0.39, 0.29) is 0 Å². The topological polar surface area (TPSA) is 9.23 Å². The van der Waals surface area contributed by atoms with Gasteiger partial charge in [-0.15, -0.1) is 0 Å². The van der Waals surface area contributed by atoms with E-state index in [0.29, 0.717) is 16.6 Å². The lowest BCUT2D eigenvalue weighted by molar-refractivity contribution is 0.267. The van der Waals surface area contributed by atoms with Gasteiger partial charge >= 0.3 is 0 Å². The highest BCUT2D eigenvalue weighted by atomic mass is 28.4. The number of hydrogen-bond acceptors (Lipinski definition) is 1. The van der Waals surface area contributed by atoms with Crippen LogP contribution in [0.4, 0.5) is 0 Å². The zero-order valence-electron chi connectivity index (χ0n) is 21.7. The van der Waals surface area contributed by atoms with Gasteiger partial charge in [-0.2, -0.15) is 0 Å². The van der Waals surface area contributed by atoms with Crippen LogP contribution in [0, 0.1) is 0 Å². The van der Waals surface area contributed by atoms with Crippen molar-refractivity contribution in [3.05, 3.63) is 0 Å². The Morgan fingerprint density at radius 2 is 0.724 bits per heavy atom. The summed E-state index contributed by atoms with van der Waals surface area (Å²) >= 11 is 0. The van der Waals surface area contributed by atoms with Gasteiger partial charge in [-0.05, 0) is 23.0 Å². The van der Waals surface area contributed by atoms with Crippen LogP contribution in [-0.2, 0) is 4.43 Å². The predicted molar refractivity (Wildman–Crippen MR) is 137 cm³/mol. The lowest BCUT2D eigenvalue weighted by atomic mass is 10.0. The second kappa shape index (κ2) is 18.9. The molecule has 0 aromatic rings. The maximum Gasteiger partial charge on any atom is 0.200 e. The van der Waals surface area contributed by atoms with E-state index in [0.717, 1.165) is 6.61 Å². The summed E-state index contributed by atoms with van der Waals surface area (Å²) in [6, 6.07) is 0. The number of hydrogen-bond donors (Lipinski definition) is 0. The first-order valence-corrected chi connectivity index (χ1v) is 15.7. The van der Waals surface area contributed by atoms with Crippen LogP contribution >= 0.6 is 0 Å². The van der Waals surface area contributed by atoms with Crippen molar-refractivity contribution in [2.24, 2.45) is 0 Å². The molecule has 0 saturated heterocycles. The smallest absolute Gasteiger partial charge is 0.200 e. The maximum atomic E-state index is 6.67. The van der Waals surface area contributed by atoms with E-state index in [9.17, 15) is 0 Å². The maximum absolute atomic E-state index is 6.67. The van der Waals surface area contributed by atoms with Crippen LogP contribution in [0.1, 0.15) is 151 Å². The molecule has 0 rings (SSSR count). The quantitative estimate of drug-likeness (QED) is 0.131. The van der Waals surface area contributed by atoms with Crippen molar-refractivity contribution in [1.29, 1.82) is 0 Å². The first-order valence-electron chi connectivity index (χ1n) is 13.5. The molecule has 1 nitrogen and oxygen atoms in total. The molecular weight excluding hydrogens is 368 g/mol. The molecule has 0 atom stereocenters. The molecule has 0 bridgehead atoms. The van der Waals surface area contributed by atoms with Crippen molar-refractivity contribution in [3.63, 3.8) is 0 Å². The minimum absolute atomic E-state index is 0.712. The van der Waals surface area contributed by atoms with E-state index in [4.69, 9.17) is 4.43 Å². The van der Waals surface area contributed by atoms with Crippen LogP contribution in [0.5, 0.6) is 0 Å².